The quantitative estimate of drug-likeness (QED) is 0.748. The Balaban J connectivity index is 2.68. The van der Waals surface area contributed by atoms with Gasteiger partial charge in [0.15, 0.2) is 0 Å². The highest BCUT2D eigenvalue weighted by molar-refractivity contribution is 5.68. The van der Waals surface area contributed by atoms with Gasteiger partial charge in [-0.3, -0.25) is 0 Å². The number of carbonyl (C=O) groups is 1. The Kier molecular flexibility index (Phi) is 5.55. The molecule has 0 aromatic rings. The predicted octanol–water partition coefficient (Wildman–Crippen LogP) is 0.707. The molecule has 0 radical (unpaired) electrons. The number of nitrogens with two attached hydrogens (primary N) is 1. The summed E-state index contributed by atoms with van der Waals surface area (Å²) in [5.74, 6) is 0. The van der Waals surface area contributed by atoms with Gasteiger partial charge in [0, 0.05) is 13.1 Å². The molecule has 1 aliphatic rings. The number of aliphatic hydroxyl groups is 1. The van der Waals surface area contributed by atoms with Crippen LogP contribution in [0.25, 0.3) is 0 Å². The van der Waals surface area contributed by atoms with Gasteiger partial charge in [0.05, 0.1) is 18.8 Å². The maximum absolute atomic E-state index is 11.7. The smallest absolute Gasteiger partial charge is 0.410 e. The van der Waals surface area contributed by atoms with Crippen molar-refractivity contribution in [1.29, 1.82) is 0 Å². The first-order valence-electron chi connectivity index (χ1n) is 6.02. The molecule has 2 unspecified atom stereocenters. The largest absolute Gasteiger partial charge is 0.450 e. The molecule has 2 atom stereocenters. The van der Waals surface area contributed by atoms with Gasteiger partial charge in [-0.05, 0) is 19.8 Å². The van der Waals surface area contributed by atoms with E-state index in [9.17, 15) is 9.90 Å². The van der Waals surface area contributed by atoms with E-state index in [-0.39, 0.29) is 18.7 Å². The first-order valence-corrected chi connectivity index (χ1v) is 6.02. The number of nitrogens with zero attached hydrogens (tertiary/aromatic N) is 1. The molecule has 1 heterocycles. The highest BCUT2D eigenvalue weighted by Crippen LogP contribution is 2.20. The van der Waals surface area contributed by atoms with Crippen molar-refractivity contribution in [2.24, 2.45) is 5.73 Å². The molecule has 1 saturated heterocycles. The van der Waals surface area contributed by atoms with E-state index in [2.05, 4.69) is 0 Å². The molecule has 0 saturated carbocycles. The number of rotatable bonds is 3. The van der Waals surface area contributed by atoms with Crippen LogP contribution in [-0.4, -0.2) is 47.9 Å². The van der Waals surface area contributed by atoms with Gasteiger partial charge in [-0.25, -0.2) is 4.79 Å². The number of ether oxygens (including phenoxy) is 1. The van der Waals surface area contributed by atoms with Gasteiger partial charge in [-0.15, -0.1) is 0 Å². The maximum atomic E-state index is 11.7. The van der Waals surface area contributed by atoms with Crippen molar-refractivity contribution in [2.45, 2.75) is 44.8 Å². The average Bonchev–Trinajstić information content (AvgIpc) is 2.53. The van der Waals surface area contributed by atoms with Crippen molar-refractivity contribution < 1.29 is 14.6 Å². The zero-order valence-corrected chi connectivity index (χ0v) is 9.89. The molecule has 5 nitrogen and oxygen atoms in total. The molecule has 1 aliphatic heterocycles. The Morgan fingerprint density at radius 3 is 2.94 bits per heavy atom. The van der Waals surface area contributed by atoms with E-state index in [0.717, 1.165) is 25.7 Å². The van der Waals surface area contributed by atoms with Crippen molar-refractivity contribution in [3.05, 3.63) is 0 Å². The number of aliphatic hydroxyl groups excluding tert-OH is 1. The third-order valence-corrected chi connectivity index (χ3v) is 2.99. The summed E-state index contributed by atoms with van der Waals surface area (Å²) in [6.45, 7) is 2.98. The maximum Gasteiger partial charge on any atom is 0.410 e. The highest BCUT2D eigenvalue weighted by Gasteiger charge is 2.30. The number of hydrogen-bond donors (Lipinski definition) is 2. The molecular formula is C11H22N2O3. The first kappa shape index (κ1) is 13.3. The van der Waals surface area contributed by atoms with E-state index in [0.29, 0.717) is 13.2 Å². The molecule has 0 bridgehead atoms. The third-order valence-electron chi connectivity index (χ3n) is 2.99. The van der Waals surface area contributed by atoms with Crippen LogP contribution in [0.15, 0.2) is 0 Å². The molecule has 5 heteroatoms. The topological polar surface area (TPSA) is 75.8 Å². The Morgan fingerprint density at radius 2 is 2.31 bits per heavy atom. The SMILES string of the molecule is CCOC(=O)N1CCCCCC1C(O)CN. The lowest BCUT2D eigenvalue weighted by atomic mass is 10.0. The predicted molar refractivity (Wildman–Crippen MR) is 61.0 cm³/mol. The summed E-state index contributed by atoms with van der Waals surface area (Å²) in [5.41, 5.74) is 5.46. The van der Waals surface area contributed by atoms with Gasteiger partial charge in [-0.1, -0.05) is 12.8 Å². The van der Waals surface area contributed by atoms with Crippen LogP contribution >= 0.6 is 0 Å². The summed E-state index contributed by atoms with van der Waals surface area (Å²) >= 11 is 0. The Morgan fingerprint density at radius 1 is 1.56 bits per heavy atom. The summed E-state index contributed by atoms with van der Waals surface area (Å²) in [5, 5.41) is 9.82. The van der Waals surface area contributed by atoms with Crippen LogP contribution in [0.5, 0.6) is 0 Å². The molecule has 0 aromatic carbocycles. The molecule has 0 aliphatic carbocycles. The van der Waals surface area contributed by atoms with E-state index in [1.165, 1.54) is 0 Å². The molecule has 0 spiro atoms. The van der Waals surface area contributed by atoms with Crippen LogP contribution < -0.4 is 5.73 Å². The fourth-order valence-electron chi connectivity index (χ4n) is 2.12. The fourth-order valence-corrected chi connectivity index (χ4v) is 2.12. The Bertz CT molecular complexity index is 223. The van der Waals surface area contributed by atoms with Gasteiger partial charge in [0.1, 0.15) is 0 Å². The standard InChI is InChI=1S/C11H22N2O3/c1-2-16-11(15)13-7-5-3-4-6-9(13)10(14)8-12/h9-10,14H,2-8,12H2,1H3. The minimum Gasteiger partial charge on any atom is -0.450 e. The Labute approximate surface area is 96.6 Å². The highest BCUT2D eigenvalue weighted by atomic mass is 16.6. The van der Waals surface area contributed by atoms with E-state index in [1.807, 2.05) is 0 Å². The molecule has 1 fully saturated rings. The molecule has 16 heavy (non-hydrogen) atoms. The van der Waals surface area contributed by atoms with Gasteiger partial charge in [0.25, 0.3) is 0 Å². The number of hydrogen-bond acceptors (Lipinski definition) is 4. The van der Waals surface area contributed by atoms with Crippen LogP contribution in [0, 0.1) is 0 Å². The van der Waals surface area contributed by atoms with E-state index < -0.39 is 6.10 Å². The second-order valence-corrected chi connectivity index (χ2v) is 4.11. The summed E-state index contributed by atoms with van der Waals surface area (Å²) in [4.78, 5) is 13.4. The minimum absolute atomic E-state index is 0.181. The van der Waals surface area contributed by atoms with Gasteiger partial charge >= 0.3 is 6.09 Å². The normalized spacial score (nSPS) is 23.7. The van der Waals surface area contributed by atoms with Crippen LogP contribution in [0.3, 0.4) is 0 Å². The summed E-state index contributed by atoms with van der Waals surface area (Å²) in [7, 11) is 0. The second kappa shape index (κ2) is 6.70. The first-order chi connectivity index (χ1) is 7.70. The minimum atomic E-state index is -0.650. The summed E-state index contributed by atoms with van der Waals surface area (Å²) in [6, 6.07) is -0.188. The van der Waals surface area contributed by atoms with Crippen LogP contribution in [-0.2, 0) is 4.74 Å². The average molecular weight is 230 g/mol. The Hall–Kier alpha value is -0.810. The number of likely N-dealkylation sites (tertiary alicyclic amines) is 1. The lowest BCUT2D eigenvalue weighted by Gasteiger charge is -2.32. The van der Waals surface area contributed by atoms with Crippen LogP contribution in [0.2, 0.25) is 0 Å². The molecule has 94 valence electrons. The molecule has 1 rings (SSSR count). The fraction of sp³-hybridized carbons (Fsp3) is 0.909. The van der Waals surface area contributed by atoms with E-state index >= 15 is 0 Å². The molecule has 3 N–H and O–H groups in total. The van der Waals surface area contributed by atoms with Crippen molar-refractivity contribution in [3.8, 4) is 0 Å². The molecule has 1 amide bonds. The van der Waals surface area contributed by atoms with Crippen LogP contribution in [0.4, 0.5) is 4.79 Å². The van der Waals surface area contributed by atoms with E-state index in [4.69, 9.17) is 10.5 Å². The van der Waals surface area contributed by atoms with Gasteiger partial charge in [0.2, 0.25) is 0 Å². The number of amides is 1. The van der Waals surface area contributed by atoms with E-state index in [1.54, 1.807) is 11.8 Å². The lowest BCUT2D eigenvalue weighted by Crippen LogP contribution is -2.49. The summed E-state index contributed by atoms with van der Waals surface area (Å²) in [6.07, 6.45) is 2.90. The van der Waals surface area contributed by atoms with Gasteiger partial charge < -0.3 is 20.5 Å². The molecular weight excluding hydrogens is 208 g/mol. The number of carbonyl (C=O) groups excluding carboxylic acids is 1. The molecule has 0 aromatic heterocycles. The second-order valence-electron chi connectivity index (χ2n) is 4.11. The monoisotopic (exact) mass is 230 g/mol. The zero-order chi connectivity index (χ0) is 12.0. The zero-order valence-electron chi connectivity index (χ0n) is 9.89. The summed E-state index contributed by atoms with van der Waals surface area (Å²) < 4.78 is 5.00. The van der Waals surface area contributed by atoms with Gasteiger partial charge in [-0.2, -0.15) is 0 Å². The van der Waals surface area contributed by atoms with Crippen molar-refractivity contribution in [2.75, 3.05) is 19.7 Å². The third kappa shape index (κ3) is 3.35. The van der Waals surface area contributed by atoms with Crippen molar-refractivity contribution >= 4 is 6.09 Å². The lowest BCUT2D eigenvalue weighted by molar-refractivity contribution is 0.0393. The van der Waals surface area contributed by atoms with Crippen molar-refractivity contribution in [1.82, 2.24) is 4.90 Å². The van der Waals surface area contributed by atoms with Crippen molar-refractivity contribution in [3.63, 3.8) is 0 Å². The van der Waals surface area contributed by atoms with Crippen LogP contribution in [0.1, 0.15) is 32.6 Å².